The maximum absolute atomic E-state index is 12.5. The van der Waals surface area contributed by atoms with Gasteiger partial charge in [0.2, 0.25) is 5.91 Å². The van der Waals surface area contributed by atoms with E-state index in [1.165, 1.54) is 0 Å². The van der Waals surface area contributed by atoms with Crippen LogP contribution in [0.5, 0.6) is 0 Å². The number of hydrogen-bond donors (Lipinski definition) is 1. The Morgan fingerprint density at radius 1 is 1.50 bits per heavy atom. The van der Waals surface area contributed by atoms with Gasteiger partial charge in [-0.15, -0.1) is 12.4 Å². The Kier molecular flexibility index (Phi) is 7.35. The summed E-state index contributed by atoms with van der Waals surface area (Å²) in [6, 6.07) is 7.73. The van der Waals surface area contributed by atoms with E-state index in [2.05, 4.69) is 5.32 Å². The van der Waals surface area contributed by atoms with Gasteiger partial charge in [0, 0.05) is 24.7 Å². The zero-order chi connectivity index (χ0) is 13.7. The van der Waals surface area contributed by atoms with Gasteiger partial charge in [-0.1, -0.05) is 23.7 Å². The zero-order valence-corrected chi connectivity index (χ0v) is 13.3. The Morgan fingerprint density at radius 3 is 2.90 bits per heavy atom. The molecule has 1 aromatic rings. The molecule has 1 unspecified atom stereocenters. The van der Waals surface area contributed by atoms with Gasteiger partial charge in [-0.25, -0.2) is 0 Å². The highest BCUT2D eigenvalue weighted by Gasteiger charge is 2.25. The van der Waals surface area contributed by atoms with E-state index in [4.69, 9.17) is 11.6 Å². The summed E-state index contributed by atoms with van der Waals surface area (Å²) in [6.45, 7) is 5.25. The molecule has 20 heavy (non-hydrogen) atoms. The molecule has 0 aliphatic carbocycles. The maximum atomic E-state index is 12.5. The van der Waals surface area contributed by atoms with Crippen molar-refractivity contribution in [3.8, 4) is 0 Å². The molecule has 3 nitrogen and oxygen atoms in total. The van der Waals surface area contributed by atoms with Crippen molar-refractivity contribution in [1.82, 2.24) is 10.2 Å². The second-order valence-corrected chi connectivity index (χ2v) is 5.46. The third-order valence-corrected chi connectivity index (χ3v) is 3.84. The minimum Gasteiger partial charge on any atom is -0.338 e. The van der Waals surface area contributed by atoms with Crippen LogP contribution >= 0.6 is 24.0 Å². The molecule has 0 saturated carbocycles. The highest BCUT2D eigenvalue weighted by molar-refractivity contribution is 6.30. The minimum absolute atomic E-state index is 0. The summed E-state index contributed by atoms with van der Waals surface area (Å²) in [7, 11) is 0. The Hall–Kier alpha value is -0.770. The molecule has 1 aromatic carbocycles. The second-order valence-electron chi connectivity index (χ2n) is 5.03. The zero-order valence-electron chi connectivity index (χ0n) is 11.8. The number of piperidine rings is 1. The molecule has 0 spiro atoms. The average molecular weight is 317 g/mol. The number of amides is 1. The highest BCUT2D eigenvalue weighted by atomic mass is 35.5. The lowest BCUT2D eigenvalue weighted by Gasteiger charge is -2.29. The summed E-state index contributed by atoms with van der Waals surface area (Å²) in [6.07, 6.45) is 2.09. The summed E-state index contributed by atoms with van der Waals surface area (Å²) >= 11 is 5.99. The van der Waals surface area contributed by atoms with Gasteiger partial charge in [0.25, 0.3) is 0 Å². The monoisotopic (exact) mass is 316 g/mol. The number of carbonyl (C=O) groups is 1. The molecular weight excluding hydrogens is 295 g/mol. The van der Waals surface area contributed by atoms with Crippen LogP contribution in [0.3, 0.4) is 0 Å². The van der Waals surface area contributed by atoms with Crippen molar-refractivity contribution in [3.05, 3.63) is 34.9 Å². The predicted octanol–water partition coefficient (Wildman–Crippen LogP) is 3.11. The second kappa shape index (κ2) is 8.50. The molecule has 1 amide bonds. The van der Waals surface area contributed by atoms with Gasteiger partial charge >= 0.3 is 0 Å². The Morgan fingerprint density at radius 2 is 2.30 bits per heavy atom. The number of halogens is 2. The first kappa shape index (κ1) is 17.3. The Balaban J connectivity index is 0.00000200. The van der Waals surface area contributed by atoms with Crippen molar-refractivity contribution in [3.63, 3.8) is 0 Å². The summed E-state index contributed by atoms with van der Waals surface area (Å²) in [4.78, 5) is 14.4. The van der Waals surface area contributed by atoms with Gasteiger partial charge in [0.15, 0.2) is 0 Å². The van der Waals surface area contributed by atoms with Crippen LogP contribution in [0.1, 0.15) is 25.3 Å². The fourth-order valence-electron chi connectivity index (χ4n) is 2.52. The molecule has 1 fully saturated rings. The van der Waals surface area contributed by atoms with Crippen LogP contribution in [0.15, 0.2) is 24.3 Å². The smallest absolute Gasteiger partial charge is 0.227 e. The van der Waals surface area contributed by atoms with Gasteiger partial charge in [-0.3, -0.25) is 4.79 Å². The van der Waals surface area contributed by atoms with E-state index in [0.29, 0.717) is 6.54 Å². The lowest BCUT2D eigenvalue weighted by Crippen LogP contribution is -2.42. The van der Waals surface area contributed by atoms with Crippen LogP contribution < -0.4 is 5.32 Å². The standard InChI is InChI=1S/C15H21ClN2O.ClH/c1-2-18(11-12-5-3-7-14(16)9-12)15(19)13-6-4-8-17-10-13;/h3,5,7,9,13,17H,2,4,6,8,10-11H2,1H3;1H. The van der Waals surface area contributed by atoms with Crippen LogP contribution in [-0.4, -0.2) is 30.4 Å². The van der Waals surface area contributed by atoms with Crippen molar-refractivity contribution in [1.29, 1.82) is 0 Å². The Bertz CT molecular complexity index is 434. The fraction of sp³-hybridized carbons (Fsp3) is 0.533. The average Bonchev–Trinajstić information content (AvgIpc) is 2.45. The largest absolute Gasteiger partial charge is 0.338 e. The number of benzene rings is 1. The van der Waals surface area contributed by atoms with E-state index in [-0.39, 0.29) is 24.2 Å². The molecule has 2 rings (SSSR count). The van der Waals surface area contributed by atoms with Crippen LogP contribution in [0.25, 0.3) is 0 Å². The maximum Gasteiger partial charge on any atom is 0.227 e. The lowest BCUT2D eigenvalue weighted by atomic mass is 9.98. The van der Waals surface area contributed by atoms with Crippen molar-refractivity contribution < 1.29 is 4.79 Å². The number of carbonyl (C=O) groups excluding carboxylic acids is 1. The molecule has 1 saturated heterocycles. The van der Waals surface area contributed by atoms with E-state index in [1.807, 2.05) is 36.1 Å². The van der Waals surface area contributed by atoms with E-state index in [9.17, 15) is 4.79 Å². The van der Waals surface area contributed by atoms with Crippen LogP contribution in [0, 0.1) is 5.92 Å². The lowest BCUT2D eigenvalue weighted by molar-refractivity contribution is -0.136. The first-order valence-corrected chi connectivity index (χ1v) is 7.32. The number of nitrogens with zero attached hydrogens (tertiary/aromatic N) is 1. The van der Waals surface area contributed by atoms with Gasteiger partial charge in [0.05, 0.1) is 5.92 Å². The molecule has 0 bridgehead atoms. The summed E-state index contributed by atoms with van der Waals surface area (Å²) in [5.74, 6) is 0.391. The SMILES string of the molecule is CCN(Cc1cccc(Cl)c1)C(=O)C1CCCNC1.Cl. The summed E-state index contributed by atoms with van der Waals surface area (Å²) < 4.78 is 0. The molecule has 0 aromatic heterocycles. The topological polar surface area (TPSA) is 32.3 Å². The minimum atomic E-state index is 0. The predicted molar refractivity (Wildman–Crippen MR) is 85.4 cm³/mol. The van der Waals surface area contributed by atoms with Crippen LogP contribution in [0.4, 0.5) is 0 Å². The summed E-state index contributed by atoms with van der Waals surface area (Å²) in [5.41, 5.74) is 1.09. The Labute approximate surface area is 132 Å². The van der Waals surface area contributed by atoms with E-state index < -0.39 is 0 Å². The van der Waals surface area contributed by atoms with Crippen molar-refractivity contribution in [2.75, 3.05) is 19.6 Å². The van der Waals surface area contributed by atoms with E-state index in [0.717, 1.165) is 43.1 Å². The molecule has 112 valence electrons. The fourth-order valence-corrected chi connectivity index (χ4v) is 2.73. The molecule has 0 radical (unpaired) electrons. The van der Waals surface area contributed by atoms with Crippen LogP contribution in [0.2, 0.25) is 5.02 Å². The van der Waals surface area contributed by atoms with Crippen LogP contribution in [-0.2, 0) is 11.3 Å². The molecule has 1 heterocycles. The van der Waals surface area contributed by atoms with Gasteiger partial charge < -0.3 is 10.2 Å². The van der Waals surface area contributed by atoms with Gasteiger partial charge in [-0.2, -0.15) is 0 Å². The molecular formula is C15H22Cl2N2O. The third-order valence-electron chi connectivity index (χ3n) is 3.60. The molecule has 5 heteroatoms. The first-order chi connectivity index (χ1) is 9.20. The molecule has 1 aliphatic rings. The highest BCUT2D eigenvalue weighted by Crippen LogP contribution is 2.17. The molecule has 1 atom stereocenters. The third kappa shape index (κ3) is 4.65. The first-order valence-electron chi connectivity index (χ1n) is 6.94. The quantitative estimate of drug-likeness (QED) is 0.925. The number of hydrogen-bond acceptors (Lipinski definition) is 2. The van der Waals surface area contributed by atoms with Gasteiger partial charge in [-0.05, 0) is 44.0 Å². The normalized spacial score (nSPS) is 18.2. The van der Waals surface area contributed by atoms with E-state index in [1.54, 1.807) is 0 Å². The van der Waals surface area contributed by atoms with E-state index >= 15 is 0 Å². The molecule has 1 aliphatic heterocycles. The van der Waals surface area contributed by atoms with Gasteiger partial charge in [0.1, 0.15) is 0 Å². The summed E-state index contributed by atoms with van der Waals surface area (Å²) in [5, 5.41) is 4.02. The van der Waals surface area contributed by atoms with Crippen molar-refractivity contribution in [2.45, 2.75) is 26.3 Å². The molecule has 1 N–H and O–H groups in total. The number of nitrogens with one attached hydrogen (secondary N) is 1. The van der Waals surface area contributed by atoms with Crippen molar-refractivity contribution in [2.24, 2.45) is 5.92 Å². The van der Waals surface area contributed by atoms with Crippen molar-refractivity contribution >= 4 is 29.9 Å². The number of rotatable bonds is 4.